The third-order valence-corrected chi connectivity index (χ3v) is 6.42. The predicted molar refractivity (Wildman–Crippen MR) is 131 cm³/mol. The van der Waals surface area contributed by atoms with Crippen LogP contribution in [0.2, 0.25) is 0 Å². The van der Waals surface area contributed by atoms with E-state index in [-0.39, 0.29) is 5.82 Å². The molecule has 5 nitrogen and oxygen atoms in total. The zero-order chi connectivity index (χ0) is 22.8. The molecule has 1 aliphatic heterocycles. The van der Waals surface area contributed by atoms with Gasteiger partial charge in [0.15, 0.2) is 0 Å². The van der Waals surface area contributed by atoms with E-state index in [9.17, 15) is 4.39 Å². The predicted octanol–water partition coefficient (Wildman–Crippen LogP) is 6.00. The van der Waals surface area contributed by atoms with Crippen LogP contribution in [0.5, 0.6) is 5.75 Å². The van der Waals surface area contributed by atoms with Crippen LogP contribution < -0.4 is 10.1 Å². The molecule has 0 spiro atoms. The van der Waals surface area contributed by atoms with E-state index in [0.29, 0.717) is 28.7 Å². The van der Waals surface area contributed by atoms with E-state index in [4.69, 9.17) is 4.74 Å². The van der Waals surface area contributed by atoms with Gasteiger partial charge in [-0.3, -0.25) is 0 Å². The molecule has 0 saturated carbocycles. The topological polar surface area (TPSA) is 50.3 Å². The molecule has 1 N–H and O–H groups in total. The van der Waals surface area contributed by atoms with Gasteiger partial charge in [-0.1, -0.05) is 30.3 Å². The van der Waals surface area contributed by atoms with Crippen LogP contribution in [-0.2, 0) is 0 Å². The molecule has 0 amide bonds. The maximum Gasteiger partial charge on any atom is 0.227 e. The van der Waals surface area contributed by atoms with Gasteiger partial charge in [0.1, 0.15) is 11.6 Å². The Morgan fingerprint density at radius 1 is 1.03 bits per heavy atom. The van der Waals surface area contributed by atoms with Gasteiger partial charge < -0.3 is 15.0 Å². The van der Waals surface area contributed by atoms with E-state index in [1.54, 1.807) is 25.4 Å². The van der Waals surface area contributed by atoms with E-state index in [1.165, 1.54) is 24.5 Å². The molecule has 2 heterocycles. The van der Waals surface area contributed by atoms with E-state index in [0.717, 1.165) is 29.7 Å². The molecule has 168 valence electrons. The molecule has 1 aromatic heterocycles. The van der Waals surface area contributed by atoms with Crippen molar-refractivity contribution in [2.75, 3.05) is 32.6 Å². The van der Waals surface area contributed by atoms with Crippen molar-refractivity contribution in [2.45, 2.75) is 18.8 Å². The summed E-state index contributed by atoms with van der Waals surface area (Å²) in [4.78, 5) is 11.5. The molecule has 1 fully saturated rings. The van der Waals surface area contributed by atoms with Crippen molar-refractivity contribution in [3.8, 4) is 16.9 Å². The Hall–Kier alpha value is -3.51. The lowest BCUT2D eigenvalue weighted by Gasteiger charge is -2.29. The highest BCUT2D eigenvalue weighted by Gasteiger charge is 2.18. The minimum atomic E-state index is -0.328. The first-order valence-electron chi connectivity index (χ1n) is 11.3. The van der Waals surface area contributed by atoms with Crippen molar-refractivity contribution >= 4 is 22.5 Å². The molecule has 0 radical (unpaired) electrons. The van der Waals surface area contributed by atoms with Gasteiger partial charge in [0.05, 0.1) is 18.2 Å². The molecule has 1 saturated heterocycles. The molecule has 0 aliphatic carbocycles. The number of nitrogens with one attached hydrogen (secondary N) is 1. The van der Waals surface area contributed by atoms with Crippen molar-refractivity contribution in [2.24, 2.45) is 0 Å². The number of hydrogen-bond donors (Lipinski definition) is 1. The number of ether oxygens (including phenoxy) is 1. The van der Waals surface area contributed by atoms with Crippen molar-refractivity contribution in [3.05, 3.63) is 78.2 Å². The fraction of sp³-hybridized carbons (Fsp3) is 0.259. The fourth-order valence-electron chi connectivity index (χ4n) is 4.50. The summed E-state index contributed by atoms with van der Waals surface area (Å²) >= 11 is 0. The Kier molecular flexibility index (Phi) is 5.92. The number of hydrogen-bond acceptors (Lipinski definition) is 5. The van der Waals surface area contributed by atoms with Crippen LogP contribution in [0.15, 0.2) is 66.9 Å². The molecular weight excluding hydrogens is 415 g/mol. The van der Waals surface area contributed by atoms with Crippen LogP contribution >= 0.6 is 0 Å². The minimum Gasteiger partial charge on any atom is -0.496 e. The highest BCUT2D eigenvalue weighted by atomic mass is 19.1. The maximum absolute atomic E-state index is 14.5. The van der Waals surface area contributed by atoms with Gasteiger partial charge in [0.25, 0.3) is 0 Å². The average molecular weight is 443 g/mol. The third-order valence-electron chi connectivity index (χ3n) is 6.42. The number of aromatic nitrogens is 2. The average Bonchev–Trinajstić information content (AvgIpc) is 2.84. The van der Waals surface area contributed by atoms with E-state index in [2.05, 4.69) is 51.5 Å². The number of benzene rings is 3. The number of rotatable bonds is 5. The number of piperidine rings is 1. The lowest BCUT2D eigenvalue weighted by molar-refractivity contribution is 0.255. The lowest BCUT2D eigenvalue weighted by atomic mass is 9.89. The van der Waals surface area contributed by atoms with Gasteiger partial charge in [0, 0.05) is 17.3 Å². The SMILES string of the molecule is COc1cccc(F)c1-c1ccc2cnc(Nc3ccc(C4CCN(C)CC4)cc3)nc2c1. The number of methoxy groups -OCH3 is 1. The van der Waals surface area contributed by atoms with Crippen LogP contribution in [0.3, 0.4) is 0 Å². The molecular formula is C27H27FN4O. The maximum atomic E-state index is 14.5. The summed E-state index contributed by atoms with van der Waals surface area (Å²) < 4.78 is 19.9. The molecule has 0 atom stereocenters. The van der Waals surface area contributed by atoms with Gasteiger partial charge in [-0.15, -0.1) is 0 Å². The number of likely N-dealkylation sites (tertiary alicyclic amines) is 1. The monoisotopic (exact) mass is 442 g/mol. The summed E-state index contributed by atoms with van der Waals surface area (Å²) in [6, 6.07) is 19.0. The zero-order valence-electron chi connectivity index (χ0n) is 18.9. The highest BCUT2D eigenvalue weighted by molar-refractivity contribution is 5.86. The Morgan fingerprint density at radius 2 is 1.82 bits per heavy atom. The Morgan fingerprint density at radius 3 is 2.58 bits per heavy atom. The molecule has 1 aliphatic rings. The Balaban J connectivity index is 1.38. The summed E-state index contributed by atoms with van der Waals surface area (Å²) in [5.41, 5.74) is 4.21. The van der Waals surface area contributed by atoms with E-state index in [1.807, 2.05) is 18.2 Å². The molecule has 4 aromatic rings. The van der Waals surface area contributed by atoms with Crippen LogP contribution in [-0.4, -0.2) is 42.1 Å². The van der Waals surface area contributed by atoms with Crippen molar-refractivity contribution in [3.63, 3.8) is 0 Å². The van der Waals surface area contributed by atoms with Gasteiger partial charge in [0.2, 0.25) is 5.95 Å². The Labute approximate surface area is 193 Å². The summed E-state index contributed by atoms with van der Waals surface area (Å²) in [5.74, 6) is 1.30. The molecule has 6 heteroatoms. The summed E-state index contributed by atoms with van der Waals surface area (Å²) in [6.07, 6.45) is 4.18. The number of halogens is 1. The van der Waals surface area contributed by atoms with Gasteiger partial charge >= 0.3 is 0 Å². The standard InChI is InChI=1S/C27H27FN4O/c1-32-14-12-19(13-15-32)18-8-10-22(11-9-18)30-27-29-17-21-7-6-20(16-24(21)31-27)26-23(28)4-3-5-25(26)33-2/h3-11,16-17,19H,12-15H2,1-2H3,(H,29,30,31). The van der Waals surface area contributed by atoms with Gasteiger partial charge in [-0.2, -0.15) is 0 Å². The van der Waals surface area contributed by atoms with Crippen LogP contribution in [0.1, 0.15) is 24.3 Å². The normalized spacial score (nSPS) is 15.0. The minimum absolute atomic E-state index is 0.328. The first-order chi connectivity index (χ1) is 16.1. The van der Waals surface area contributed by atoms with Crippen LogP contribution in [0.25, 0.3) is 22.0 Å². The van der Waals surface area contributed by atoms with Crippen LogP contribution in [0, 0.1) is 5.82 Å². The fourth-order valence-corrected chi connectivity index (χ4v) is 4.50. The van der Waals surface area contributed by atoms with E-state index < -0.39 is 0 Å². The second kappa shape index (κ2) is 9.16. The summed E-state index contributed by atoms with van der Waals surface area (Å²) in [7, 11) is 3.73. The molecule has 33 heavy (non-hydrogen) atoms. The van der Waals surface area contributed by atoms with Crippen LogP contribution in [0.4, 0.5) is 16.0 Å². The van der Waals surface area contributed by atoms with Crippen molar-refractivity contribution in [1.82, 2.24) is 14.9 Å². The number of nitrogens with zero attached hydrogens (tertiary/aromatic N) is 3. The second-order valence-corrected chi connectivity index (χ2v) is 8.61. The largest absolute Gasteiger partial charge is 0.496 e. The molecule has 0 unspecified atom stereocenters. The lowest BCUT2D eigenvalue weighted by Crippen LogP contribution is -2.29. The highest BCUT2D eigenvalue weighted by Crippen LogP contribution is 2.34. The first kappa shape index (κ1) is 21.3. The second-order valence-electron chi connectivity index (χ2n) is 8.61. The zero-order valence-corrected chi connectivity index (χ0v) is 18.9. The summed E-state index contributed by atoms with van der Waals surface area (Å²) in [6.45, 7) is 2.30. The molecule has 5 rings (SSSR count). The number of anilines is 2. The third kappa shape index (κ3) is 4.52. The van der Waals surface area contributed by atoms with Gasteiger partial charge in [-0.25, -0.2) is 14.4 Å². The van der Waals surface area contributed by atoms with E-state index >= 15 is 0 Å². The molecule has 0 bridgehead atoms. The Bertz CT molecular complexity index is 1270. The van der Waals surface area contributed by atoms with Gasteiger partial charge in [-0.05, 0) is 80.4 Å². The first-order valence-corrected chi connectivity index (χ1v) is 11.3. The molecule has 3 aromatic carbocycles. The quantitative estimate of drug-likeness (QED) is 0.411. The van der Waals surface area contributed by atoms with Crippen molar-refractivity contribution in [1.29, 1.82) is 0 Å². The van der Waals surface area contributed by atoms with Crippen molar-refractivity contribution < 1.29 is 9.13 Å². The smallest absolute Gasteiger partial charge is 0.227 e. The summed E-state index contributed by atoms with van der Waals surface area (Å²) in [5, 5.41) is 4.18. The number of fused-ring (bicyclic) bond motifs is 1.